The van der Waals surface area contributed by atoms with E-state index in [9.17, 15) is 8.42 Å². The highest BCUT2D eigenvalue weighted by atomic mass is 32.2. The van der Waals surface area contributed by atoms with Gasteiger partial charge in [0.15, 0.2) is 5.82 Å². The fourth-order valence-corrected chi connectivity index (χ4v) is 9.74. The Morgan fingerprint density at radius 2 is 1.92 bits per heavy atom. The number of rotatable bonds is 7. The number of fused-ring (bicyclic) bond motifs is 2. The molecule has 7 rings (SSSR count). The topological polar surface area (TPSA) is 111 Å². The molecule has 49 heavy (non-hydrogen) atoms. The second-order valence-corrected chi connectivity index (χ2v) is 16.9. The summed E-state index contributed by atoms with van der Waals surface area (Å²) in [5.74, 6) is 2.96. The van der Waals surface area contributed by atoms with Crippen molar-refractivity contribution in [3.63, 3.8) is 0 Å². The summed E-state index contributed by atoms with van der Waals surface area (Å²) in [6.07, 6.45) is 8.75. The van der Waals surface area contributed by atoms with Gasteiger partial charge in [-0.05, 0) is 58.9 Å². The number of hydrogen-bond acceptors (Lipinski definition) is 9. The van der Waals surface area contributed by atoms with Crippen LogP contribution < -0.4 is 9.80 Å². The quantitative estimate of drug-likeness (QED) is 0.226. The van der Waals surface area contributed by atoms with Crippen molar-refractivity contribution in [1.29, 1.82) is 0 Å². The van der Waals surface area contributed by atoms with Crippen LogP contribution in [0.15, 0.2) is 53.8 Å². The van der Waals surface area contributed by atoms with E-state index in [-0.39, 0.29) is 12.1 Å². The fourth-order valence-electron chi connectivity index (χ4n) is 8.01. The SMILES string of the molecule is CO[C@@H]1CCN(c2nc(-c3cccc4c3cnn4S(=O)(=O)C3(C)C=C(C)C=C(C)C3)nc3c2CN(c2cc(C(C)C)nn2C)CC3)[C@H](C)C1. The van der Waals surface area contributed by atoms with Crippen molar-refractivity contribution in [3.05, 3.63) is 70.7 Å². The molecule has 4 aromatic rings. The second kappa shape index (κ2) is 12.4. The number of aryl methyl sites for hydroxylation is 1. The van der Waals surface area contributed by atoms with Crippen LogP contribution in [-0.2, 0) is 34.8 Å². The van der Waals surface area contributed by atoms with E-state index < -0.39 is 14.8 Å². The van der Waals surface area contributed by atoms with Gasteiger partial charge in [0.1, 0.15) is 16.4 Å². The van der Waals surface area contributed by atoms with Gasteiger partial charge in [-0.25, -0.2) is 18.4 Å². The average Bonchev–Trinajstić information content (AvgIpc) is 3.68. The summed E-state index contributed by atoms with van der Waals surface area (Å²) in [5, 5.41) is 10.0. The summed E-state index contributed by atoms with van der Waals surface area (Å²) in [4.78, 5) is 15.3. The Bertz CT molecular complexity index is 2090. The maximum absolute atomic E-state index is 14.2. The smallest absolute Gasteiger partial charge is 0.263 e. The Kier molecular flexibility index (Phi) is 8.46. The maximum atomic E-state index is 14.2. The van der Waals surface area contributed by atoms with Gasteiger partial charge in [-0.15, -0.1) is 0 Å². The van der Waals surface area contributed by atoms with Gasteiger partial charge in [0.05, 0.1) is 29.2 Å². The summed E-state index contributed by atoms with van der Waals surface area (Å²) < 4.78 is 36.3. The first-order valence-corrected chi connectivity index (χ1v) is 18.8. The summed E-state index contributed by atoms with van der Waals surface area (Å²) in [6, 6.07) is 8.10. The summed E-state index contributed by atoms with van der Waals surface area (Å²) in [7, 11) is -0.0842. The number of allylic oxidation sites excluding steroid dienone is 3. The Morgan fingerprint density at radius 1 is 1.12 bits per heavy atom. The summed E-state index contributed by atoms with van der Waals surface area (Å²) in [6.45, 7) is 14.6. The predicted molar refractivity (Wildman–Crippen MR) is 195 cm³/mol. The minimum atomic E-state index is -3.89. The molecule has 3 atom stereocenters. The Hall–Kier alpha value is -4.03. The molecule has 1 aliphatic carbocycles. The molecule has 1 aromatic carbocycles. The molecule has 1 unspecified atom stereocenters. The Morgan fingerprint density at radius 3 is 2.61 bits per heavy atom. The zero-order valence-electron chi connectivity index (χ0n) is 29.9. The van der Waals surface area contributed by atoms with Crippen molar-refractivity contribution in [2.24, 2.45) is 7.05 Å². The number of anilines is 2. The molecule has 1 saturated heterocycles. The largest absolute Gasteiger partial charge is 0.381 e. The van der Waals surface area contributed by atoms with E-state index >= 15 is 0 Å². The van der Waals surface area contributed by atoms with Crippen LogP contribution in [0.25, 0.3) is 22.3 Å². The van der Waals surface area contributed by atoms with Crippen molar-refractivity contribution < 1.29 is 13.2 Å². The van der Waals surface area contributed by atoms with Crippen LogP contribution in [-0.4, -0.2) is 74.4 Å². The zero-order valence-corrected chi connectivity index (χ0v) is 30.8. The molecule has 0 spiro atoms. The van der Waals surface area contributed by atoms with Crippen molar-refractivity contribution in [2.75, 3.05) is 30.0 Å². The van der Waals surface area contributed by atoms with E-state index in [1.54, 1.807) is 20.2 Å². The molecule has 0 bridgehead atoms. The molecule has 11 nitrogen and oxygen atoms in total. The summed E-state index contributed by atoms with van der Waals surface area (Å²) in [5.41, 5.74) is 6.50. The number of methoxy groups -OCH3 is 1. The highest BCUT2D eigenvalue weighted by molar-refractivity contribution is 7.91. The summed E-state index contributed by atoms with van der Waals surface area (Å²) >= 11 is 0. The van der Waals surface area contributed by atoms with Gasteiger partial charge in [-0.2, -0.15) is 14.3 Å². The fraction of sp³-hybridized carbons (Fsp3) is 0.514. The standard InChI is InChI=1S/C37H48N8O3S/c1-23(2)32-18-34(42(7)41-32)43-14-13-31-30(22-43)36(44-15-12-27(48-8)17-26(44)5)40-35(39-31)28-10-9-11-33-29(28)21-38-45(33)49(46,47)37(6)19-24(3)16-25(4)20-37/h9-11,16,18-19,21,23,26-27H,12-15,17,20,22H2,1-8H3/t26-,27-,37?/m1/s1. The van der Waals surface area contributed by atoms with Crippen LogP contribution in [0, 0.1) is 0 Å². The molecule has 5 heterocycles. The van der Waals surface area contributed by atoms with Gasteiger partial charge in [-0.1, -0.05) is 49.3 Å². The van der Waals surface area contributed by atoms with Crippen molar-refractivity contribution in [3.8, 4) is 11.4 Å². The minimum Gasteiger partial charge on any atom is -0.381 e. The van der Waals surface area contributed by atoms with Gasteiger partial charge < -0.3 is 14.5 Å². The Balaban J connectivity index is 1.33. The van der Waals surface area contributed by atoms with Crippen molar-refractivity contribution in [1.82, 2.24) is 28.9 Å². The number of aromatic nitrogens is 6. The molecule has 0 radical (unpaired) electrons. The lowest BCUT2D eigenvalue weighted by Crippen LogP contribution is -2.45. The van der Waals surface area contributed by atoms with Crippen molar-refractivity contribution >= 4 is 32.6 Å². The molecule has 3 aromatic heterocycles. The lowest BCUT2D eigenvalue weighted by atomic mass is 9.92. The highest BCUT2D eigenvalue weighted by Crippen LogP contribution is 2.39. The normalized spacial score (nSPS) is 23.2. The van der Waals surface area contributed by atoms with Crippen LogP contribution in [0.5, 0.6) is 0 Å². The lowest BCUT2D eigenvalue weighted by molar-refractivity contribution is 0.0719. The third kappa shape index (κ3) is 5.76. The Labute approximate surface area is 289 Å². The van der Waals surface area contributed by atoms with Crippen LogP contribution in [0.3, 0.4) is 0 Å². The third-order valence-corrected chi connectivity index (χ3v) is 12.7. The molecule has 2 aliphatic heterocycles. The third-order valence-electron chi connectivity index (χ3n) is 10.5. The van der Waals surface area contributed by atoms with E-state index in [1.807, 2.05) is 55.9 Å². The monoisotopic (exact) mass is 684 g/mol. The number of benzene rings is 1. The van der Waals surface area contributed by atoms with E-state index in [1.165, 1.54) is 4.09 Å². The number of hydrogen-bond donors (Lipinski definition) is 0. The van der Waals surface area contributed by atoms with E-state index in [0.29, 0.717) is 35.6 Å². The van der Waals surface area contributed by atoms with E-state index in [2.05, 4.69) is 41.7 Å². The lowest BCUT2D eigenvalue weighted by Gasteiger charge is -2.40. The molecular weight excluding hydrogens is 637 g/mol. The first-order valence-electron chi connectivity index (χ1n) is 17.4. The van der Waals surface area contributed by atoms with Gasteiger partial charge in [0, 0.05) is 68.8 Å². The van der Waals surface area contributed by atoms with Gasteiger partial charge in [0.2, 0.25) is 0 Å². The number of ether oxygens (including phenoxy) is 1. The molecular formula is C37H48N8O3S. The van der Waals surface area contributed by atoms with Crippen LogP contribution >= 0.6 is 0 Å². The molecule has 3 aliphatic rings. The molecule has 12 heteroatoms. The minimum absolute atomic E-state index is 0.217. The van der Waals surface area contributed by atoms with Crippen molar-refractivity contribution in [2.45, 2.75) is 96.6 Å². The first-order chi connectivity index (χ1) is 23.3. The molecule has 1 fully saturated rings. The average molecular weight is 685 g/mol. The predicted octanol–water partition coefficient (Wildman–Crippen LogP) is 6.15. The van der Waals surface area contributed by atoms with Crippen LogP contribution in [0.1, 0.15) is 83.7 Å². The van der Waals surface area contributed by atoms with Gasteiger partial charge in [-0.3, -0.25) is 4.68 Å². The molecule has 0 N–H and O–H groups in total. The van der Waals surface area contributed by atoms with E-state index in [0.717, 1.165) is 77.6 Å². The maximum Gasteiger partial charge on any atom is 0.263 e. The molecule has 260 valence electrons. The van der Waals surface area contributed by atoms with Crippen LogP contribution in [0.4, 0.5) is 11.6 Å². The van der Waals surface area contributed by atoms with Gasteiger partial charge >= 0.3 is 0 Å². The number of piperidine rings is 1. The molecule has 0 amide bonds. The van der Waals surface area contributed by atoms with Crippen LogP contribution in [0.2, 0.25) is 0 Å². The number of nitrogens with zero attached hydrogens (tertiary/aromatic N) is 8. The van der Waals surface area contributed by atoms with Gasteiger partial charge in [0.25, 0.3) is 10.0 Å². The zero-order chi connectivity index (χ0) is 34.8. The van der Waals surface area contributed by atoms with E-state index in [4.69, 9.17) is 19.8 Å². The first kappa shape index (κ1) is 33.5. The molecule has 0 saturated carbocycles. The highest BCUT2D eigenvalue weighted by Gasteiger charge is 2.42. The second-order valence-electron chi connectivity index (χ2n) is 14.7.